The number of carboxylic acid groups (broad SMARTS) is 1. The van der Waals surface area contributed by atoms with Crippen LogP contribution in [0, 0.1) is 6.92 Å². The van der Waals surface area contributed by atoms with Crippen LogP contribution in [0.4, 0.5) is 0 Å². The van der Waals surface area contributed by atoms with Crippen LogP contribution in [-0.4, -0.2) is 39.2 Å². The molecule has 1 aliphatic heterocycles. The summed E-state index contributed by atoms with van der Waals surface area (Å²) < 4.78 is 5.05. The Bertz CT molecular complexity index is 617. The van der Waals surface area contributed by atoms with Crippen molar-refractivity contribution in [1.82, 2.24) is 15.0 Å². The largest absolute Gasteiger partial charge is 0.480 e. The van der Waals surface area contributed by atoms with Crippen LogP contribution in [0.2, 0.25) is 0 Å². The number of aryl methyl sites for hydroxylation is 1. The topological polar surface area (TPSA) is 88.1 Å². The van der Waals surface area contributed by atoms with Crippen molar-refractivity contribution in [3.05, 3.63) is 35.9 Å². The fourth-order valence-corrected chi connectivity index (χ4v) is 2.11. The van der Waals surface area contributed by atoms with Gasteiger partial charge in [-0.15, -0.1) is 0 Å². The highest BCUT2D eigenvalue weighted by Crippen LogP contribution is 2.33. The van der Waals surface area contributed by atoms with Crippen molar-refractivity contribution < 1.29 is 14.6 Å². The lowest BCUT2D eigenvalue weighted by Gasteiger charge is -2.35. The molecule has 0 spiro atoms. The van der Waals surface area contributed by atoms with Crippen LogP contribution < -0.4 is 0 Å². The maximum atomic E-state index is 11.4. The first-order chi connectivity index (χ1) is 9.13. The zero-order valence-electron chi connectivity index (χ0n) is 10.4. The molecule has 0 radical (unpaired) electrons. The number of carbonyl (C=O) groups is 1. The Kier molecular flexibility index (Phi) is 2.60. The number of H-pyrrole nitrogens is 1. The molecule has 19 heavy (non-hydrogen) atoms. The lowest BCUT2D eigenvalue weighted by Crippen LogP contribution is -2.53. The van der Waals surface area contributed by atoms with Crippen molar-refractivity contribution in [2.75, 3.05) is 13.2 Å². The maximum absolute atomic E-state index is 11.4. The Hall–Kier alpha value is -2.21. The number of pyridine rings is 1. The molecule has 98 valence electrons. The van der Waals surface area contributed by atoms with E-state index >= 15 is 0 Å². The molecule has 6 nitrogen and oxygen atoms in total. The summed E-state index contributed by atoms with van der Waals surface area (Å²) >= 11 is 0. The summed E-state index contributed by atoms with van der Waals surface area (Å²) in [4.78, 5) is 23.1. The number of aromatic nitrogens is 3. The van der Waals surface area contributed by atoms with Crippen LogP contribution in [0.3, 0.4) is 0 Å². The number of nitrogens with zero attached hydrogens (tertiary/aromatic N) is 2. The number of aliphatic carboxylic acids is 1. The van der Waals surface area contributed by atoms with Gasteiger partial charge in [0.2, 0.25) is 0 Å². The van der Waals surface area contributed by atoms with Gasteiger partial charge in [0.15, 0.2) is 5.41 Å². The fourth-order valence-electron chi connectivity index (χ4n) is 2.11. The number of hydrogen-bond donors (Lipinski definition) is 2. The predicted octanol–water partition coefficient (Wildman–Crippen LogP) is 1.13. The van der Waals surface area contributed by atoms with E-state index in [1.54, 1.807) is 6.20 Å². The Labute approximate surface area is 109 Å². The molecule has 0 saturated carbocycles. The minimum absolute atomic E-state index is 0.150. The number of imidazole rings is 1. The van der Waals surface area contributed by atoms with Crippen molar-refractivity contribution >= 4 is 5.97 Å². The average molecular weight is 259 g/mol. The molecule has 0 aliphatic carbocycles. The van der Waals surface area contributed by atoms with Crippen molar-refractivity contribution in [2.24, 2.45) is 0 Å². The van der Waals surface area contributed by atoms with Crippen LogP contribution in [-0.2, 0) is 14.9 Å². The van der Waals surface area contributed by atoms with Gasteiger partial charge in [-0.3, -0.25) is 9.78 Å². The van der Waals surface area contributed by atoms with E-state index in [4.69, 9.17) is 4.74 Å². The predicted molar refractivity (Wildman–Crippen MR) is 66.7 cm³/mol. The molecule has 1 saturated heterocycles. The van der Waals surface area contributed by atoms with E-state index in [-0.39, 0.29) is 13.2 Å². The number of hydrogen-bond acceptors (Lipinski definition) is 4. The Morgan fingerprint density at radius 2 is 2.26 bits per heavy atom. The highest BCUT2D eigenvalue weighted by atomic mass is 16.5. The zero-order valence-corrected chi connectivity index (χ0v) is 10.4. The summed E-state index contributed by atoms with van der Waals surface area (Å²) in [5.41, 5.74) is 1.17. The minimum atomic E-state index is -1.04. The monoisotopic (exact) mass is 259 g/mol. The molecular formula is C13H13N3O3. The third-order valence-corrected chi connectivity index (χ3v) is 3.35. The normalized spacial score (nSPS) is 16.9. The molecule has 1 fully saturated rings. The maximum Gasteiger partial charge on any atom is 0.322 e. The highest BCUT2D eigenvalue weighted by molar-refractivity contribution is 5.82. The van der Waals surface area contributed by atoms with Gasteiger partial charge in [0, 0.05) is 11.9 Å². The molecule has 1 aliphatic rings. The van der Waals surface area contributed by atoms with Crippen molar-refractivity contribution in [1.29, 1.82) is 0 Å². The third-order valence-electron chi connectivity index (χ3n) is 3.35. The molecule has 2 aromatic heterocycles. The quantitative estimate of drug-likeness (QED) is 0.862. The van der Waals surface area contributed by atoms with E-state index < -0.39 is 11.4 Å². The molecule has 3 heterocycles. The number of ether oxygens (including phenoxy) is 1. The molecule has 2 aromatic rings. The van der Waals surface area contributed by atoms with Crippen LogP contribution in [0.15, 0.2) is 24.4 Å². The van der Waals surface area contributed by atoms with Gasteiger partial charge in [-0.2, -0.15) is 0 Å². The van der Waals surface area contributed by atoms with E-state index in [1.807, 2.05) is 25.1 Å². The minimum Gasteiger partial charge on any atom is -0.480 e. The zero-order chi connectivity index (χ0) is 13.5. The van der Waals surface area contributed by atoms with Crippen LogP contribution in [0.5, 0.6) is 0 Å². The second kappa shape index (κ2) is 4.17. The van der Waals surface area contributed by atoms with Crippen molar-refractivity contribution in [3.63, 3.8) is 0 Å². The lowest BCUT2D eigenvalue weighted by atomic mass is 9.85. The molecule has 0 amide bonds. The van der Waals surface area contributed by atoms with Gasteiger partial charge in [-0.1, -0.05) is 6.07 Å². The fraction of sp³-hybridized carbons (Fsp3) is 0.308. The standard InChI is InChI=1S/C13H13N3O3/c1-8-10(9-4-2-3-5-14-9)16-11(15-8)13(12(17)18)6-19-7-13/h2-5H,6-7H2,1H3,(H,15,16)(H,17,18). The van der Waals surface area contributed by atoms with Gasteiger partial charge in [0.1, 0.15) is 11.5 Å². The number of aromatic amines is 1. The Morgan fingerprint density at radius 3 is 2.79 bits per heavy atom. The summed E-state index contributed by atoms with van der Waals surface area (Å²) in [6, 6.07) is 5.54. The van der Waals surface area contributed by atoms with Gasteiger partial charge in [0.05, 0.1) is 18.9 Å². The average Bonchev–Trinajstić information content (AvgIpc) is 2.70. The molecule has 6 heteroatoms. The number of nitrogens with one attached hydrogen (secondary N) is 1. The third kappa shape index (κ3) is 1.72. The second-order valence-electron chi connectivity index (χ2n) is 4.65. The lowest BCUT2D eigenvalue weighted by molar-refractivity contribution is -0.163. The van der Waals surface area contributed by atoms with Gasteiger partial charge < -0.3 is 14.8 Å². The summed E-state index contributed by atoms with van der Waals surface area (Å²) in [5.74, 6) is -0.482. The van der Waals surface area contributed by atoms with Crippen LogP contribution in [0.1, 0.15) is 11.5 Å². The molecule has 3 rings (SSSR count). The SMILES string of the molecule is Cc1[nH]c(C2(C(=O)O)COC2)nc1-c1ccccn1. The molecular weight excluding hydrogens is 246 g/mol. The molecule has 0 aromatic carbocycles. The first-order valence-electron chi connectivity index (χ1n) is 5.93. The second-order valence-corrected chi connectivity index (χ2v) is 4.65. The molecule has 2 N–H and O–H groups in total. The summed E-state index contributed by atoms with van der Waals surface area (Å²) in [5, 5.41) is 9.35. The summed E-state index contributed by atoms with van der Waals surface area (Å²) in [6.45, 7) is 2.16. The molecule has 0 bridgehead atoms. The number of rotatable bonds is 3. The van der Waals surface area contributed by atoms with Gasteiger partial charge in [-0.05, 0) is 19.1 Å². The summed E-state index contributed by atoms with van der Waals surface area (Å²) in [6.07, 6.45) is 1.68. The van der Waals surface area contributed by atoms with Gasteiger partial charge in [-0.25, -0.2) is 4.98 Å². The van der Waals surface area contributed by atoms with Crippen molar-refractivity contribution in [3.8, 4) is 11.4 Å². The van der Waals surface area contributed by atoms with Gasteiger partial charge >= 0.3 is 5.97 Å². The van der Waals surface area contributed by atoms with E-state index in [1.165, 1.54) is 0 Å². The Balaban J connectivity index is 2.05. The summed E-state index contributed by atoms with van der Waals surface area (Å²) in [7, 11) is 0. The Morgan fingerprint density at radius 1 is 1.47 bits per heavy atom. The first kappa shape index (κ1) is 11.9. The molecule has 0 unspecified atom stereocenters. The first-order valence-corrected chi connectivity index (χ1v) is 5.93. The van der Waals surface area contributed by atoms with Crippen molar-refractivity contribution in [2.45, 2.75) is 12.3 Å². The van der Waals surface area contributed by atoms with E-state index in [0.717, 1.165) is 11.4 Å². The van der Waals surface area contributed by atoms with E-state index in [0.29, 0.717) is 11.5 Å². The number of carboxylic acids is 1. The smallest absolute Gasteiger partial charge is 0.322 e. The van der Waals surface area contributed by atoms with Gasteiger partial charge in [0.25, 0.3) is 0 Å². The van der Waals surface area contributed by atoms with E-state index in [2.05, 4.69) is 15.0 Å². The van der Waals surface area contributed by atoms with E-state index in [9.17, 15) is 9.90 Å². The highest BCUT2D eigenvalue weighted by Gasteiger charge is 2.50. The van der Waals surface area contributed by atoms with Crippen LogP contribution >= 0.6 is 0 Å². The van der Waals surface area contributed by atoms with Crippen LogP contribution in [0.25, 0.3) is 11.4 Å². The molecule has 0 atom stereocenters.